The Hall–Kier alpha value is -0.860. The van der Waals surface area contributed by atoms with Crippen LogP contribution >= 0.6 is 0 Å². The molecule has 0 aromatic rings. The van der Waals surface area contributed by atoms with Crippen LogP contribution in [0.5, 0.6) is 0 Å². The lowest BCUT2D eigenvalue weighted by molar-refractivity contribution is -0.552. The highest BCUT2D eigenvalue weighted by atomic mass is 16.6. The second-order valence-electron chi connectivity index (χ2n) is 7.81. The zero-order valence-electron chi connectivity index (χ0n) is 15.3. The standard InChI is InChI=1S/C19H35NO2/c1-8-9-12(2)10-11-13(3)18-16(6)14(4)15(5)17(7)19(18)20(21)22/h13-19H,2,8-11H2,1,3-7H3. The number of nitrogens with zero attached hydrogens (tertiary/aromatic N) is 1. The van der Waals surface area contributed by atoms with Gasteiger partial charge in [0.25, 0.3) is 0 Å². The molecule has 0 aromatic heterocycles. The fraction of sp³-hybridized carbons (Fsp3) is 0.895. The van der Waals surface area contributed by atoms with Crippen LogP contribution in [0, 0.1) is 45.6 Å². The van der Waals surface area contributed by atoms with E-state index in [0.29, 0.717) is 23.7 Å². The Labute approximate surface area is 136 Å². The average Bonchev–Trinajstić information content (AvgIpc) is 2.46. The molecule has 0 saturated heterocycles. The monoisotopic (exact) mass is 309 g/mol. The lowest BCUT2D eigenvalue weighted by atomic mass is 9.58. The number of hydrogen-bond donors (Lipinski definition) is 0. The molecule has 0 radical (unpaired) electrons. The maximum Gasteiger partial charge on any atom is 0.219 e. The maximum absolute atomic E-state index is 11.7. The van der Waals surface area contributed by atoms with E-state index < -0.39 is 6.04 Å². The van der Waals surface area contributed by atoms with Gasteiger partial charge in [-0.3, -0.25) is 10.1 Å². The summed E-state index contributed by atoms with van der Waals surface area (Å²) in [4.78, 5) is 11.7. The van der Waals surface area contributed by atoms with Gasteiger partial charge in [-0.05, 0) is 42.9 Å². The number of hydrogen-bond acceptors (Lipinski definition) is 2. The predicted octanol–water partition coefficient (Wildman–Crippen LogP) is 5.58. The fourth-order valence-electron chi connectivity index (χ4n) is 4.57. The van der Waals surface area contributed by atoms with Crippen LogP contribution in [0.25, 0.3) is 0 Å². The summed E-state index contributed by atoms with van der Waals surface area (Å²) >= 11 is 0. The molecular formula is C19H35NO2. The molecule has 0 bridgehead atoms. The summed E-state index contributed by atoms with van der Waals surface area (Å²) in [5.74, 6) is 2.12. The van der Waals surface area contributed by atoms with Crippen LogP contribution in [0.4, 0.5) is 0 Å². The van der Waals surface area contributed by atoms with Gasteiger partial charge in [0.2, 0.25) is 6.04 Å². The Kier molecular flexibility index (Phi) is 7.08. The van der Waals surface area contributed by atoms with Gasteiger partial charge < -0.3 is 0 Å². The van der Waals surface area contributed by atoms with Crippen molar-refractivity contribution in [2.75, 3.05) is 0 Å². The zero-order chi connectivity index (χ0) is 17.0. The molecule has 3 heteroatoms. The summed E-state index contributed by atoms with van der Waals surface area (Å²) in [6.07, 6.45) is 4.26. The minimum atomic E-state index is -0.393. The molecule has 3 nitrogen and oxygen atoms in total. The molecule has 128 valence electrons. The summed E-state index contributed by atoms with van der Waals surface area (Å²) < 4.78 is 0. The van der Waals surface area contributed by atoms with Gasteiger partial charge in [-0.2, -0.15) is 0 Å². The van der Waals surface area contributed by atoms with Gasteiger partial charge in [0.1, 0.15) is 0 Å². The fourth-order valence-corrected chi connectivity index (χ4v) is 4.57. The van der Waals surface area contributed by atoms with Gasteiger partial charge in [-0.1, -0.05) is 60.1 Å². The first-order valence-electron chi connectivity index (χ1n) is 9.02. The predicted molar refractivity (Wildman–Crippen MR) is 93.4 cm³/mol. The van der Waals surface area contributed by atoms with Crippen LogP contribution in [0.3, 0.4) is 0 Å². The van der Waals surface area contributed by atoms with Crippen molar-refractivity contribution in [3.63, 3.8) is 0 Å². The van der Waals surface area contributed by atoms with Crippen molar-refractivity contribution < 1.29 is 4.92 Å². The van der Waals surface area contributed by atoms with Gasteiger partial charge >= 0.3 is 0 Å². The highest BCUT2D eigenvalue weighted by molar-refractivity contribution is 4.97. The smallest absolute Gasteiger partial charge is 0.219 e. The van der Waals surface area contributed by atoms with Gasteiger partial charge in [-0.15, -0.1) is 0 Å². The Morgan fingerprint density at radius 2 is 1.64 bits per heavy atom. The molecule has 0 aromatic carbocycles. The molecule has 0 N–H and O–H groups in total. The topological polar surface area (TPSA) is 43.1 Å². The van der Waals surface area contributed by atoms with E-state index in [-0.39, 0.29) is 16.8 Å². The first-order valence-corrected chi connectivity index (χ1v) is 9.02. The van der Waals surface area contributed by atoms with Crippen LogP contribution in [0.15, 0.2) is 12.2 Å². The Morgan fingerprint density at radius 1 is 1.09 bits per heavy atom. The van der Waals surface area contributed by atoms with Crippen molar-refractivity contribution in [1.29, 1.82) is 0 Å². The molecule has 1 aliphatic carbocycles. The van der Waals surface area contributed by atoms with Crippen molar-refractivity contribution in [3.05, 3.63) is 22.3 Å². The molecule has 7 unspecified atom stereocenters. The lowest BCUT2D eigenvalue weighted by Crippen LogP contribution is -2.51. The van der Waals surface area contributed by atoms with Gasteiger partial charge in [0.15, 0.2) is 0 Å². The zero-order valence-corrected chi connectivity index (χ0v) is 15.3. The normalized spacial score (nSPS) is 36.8. The van der Waals surface area contributed by atoms with E-state index in [2.05, 4.69) is 48.1 Å². The second-order valence-corrected chi connectivity index (χ2v) is 7.81. The largest absolute Gasteiger partial charge is 0.264 e. The third-order valence-corrected chi connectivity index (χ3v) is 6.49. The van der Waals surface area contributed by atoms with Crippen LogP contribution in [0.1, 0.15) is 67.2 Å². The van der Waals surface area contributed by atoms with Crippen LogP contribution in [-0.2, 0) is 0 Å². The molecule has 1 aliphatic rings. The SMILES string of the molecule is C=C(CCC)CCC(C)C1C(C)C(C)C(C)C(C)C1[N+](=O)[O-]. The van der Waals surface area contributed by atoms with Crippen LogP contribution < -0.4 is 0 Å². The minimum Gasteiger partial charge on any atom is -0.264 e. The number of allylic oxidation sites excluding steroid dienone is 1. The van der Waals surface area contributed by atoms with E-state index in [1.165, 1.54) is 5.57 Å². The number of rotatable bonds is 7. The van der Waals surface area contributed by atoms with E-state index in [4.69, 9.17) is 0 Å². The first-order chi connectivity index (χ1) is 10.2. The summed E-state index contributed by atoms with van der Waals surface area (Å²) in [6, 6.07) is -0.393. The molecule has 0 heterocycles. The Balaban J connectivity index is 2.86. The van der Waals surface area contributed by atoms with Gasteiger partial charge in [0.05, 0.1) is 0 Å². The summed E-state index contributed by atoms with van der Waals surface area (Å²) in [6.45, 7) is 17.3. The third-order valence-electron chi connectivity index (χ3n) is 6.49. The van der Waals surface area contributed by atoms with E-state index in [1.54, 1.807) is 0 Å². The average molecular weight is 309 g/mol. The van der Waals surface area contributed by atoms with Crippen molar-refractivity contribution in [1.82, 2.24) is 0 Å². The summed E-state index contributed by atoms with van der Waals surface area (Å²) in [5.41, 5.74) is 1.30. The Morgan fingerprint density at radius 3 is 2.14 bits per heavy atom. The van der Waals surface area contributed by atoms with Crippen molar-refractivity contribution in [2.45, 2.75) is 73.3 Å². The molecule has 0 spiro atoms. The maximum atomic E-state index is 11.7. The van der Waals surface area contributed by atoms with Crippen molar-refractivity contribution in [3.8, 4) is 0 Å². The summed E-state index contributed by atoms with van der Waals surface area (Å²) in [5, 5.41) is 11.7. The van der Waals surface area contributed by atoms with Crippen LogP contribution in [0.2, 0.25) is 0 Å². The van der Waals surface area contributed by atoms with E-state index >= 15 is 0 Å². The molecule has 1 rings (SSSR count). The van der Waals surface area contributed by atoms with E-state index in [1.807, 2.05) is 0 Å². The van der Waals surface area contributed by atoms with Crippen molar-refractivity contribution >= 4 is 0 Å². The Bertz CT molecular complexity index is 393. The number of nitro groups is 1. The third kappa shape index (κ3) is 4.11. The van der Waals surface area contributed by atoms with Gasteiger partial charge in [-0.25, -0.2) is 0 Å². The highest BCUT2D eigenvalue weighted by Crippen LogP contribution is 2.47. The molecule has 1 fully saturated rings. The molecular weight excluding hydrogens is 274 g/mol. The van der Waals surface area contributed by atoms with E-state index in [9.17, 15) is 10.1 Å². The van der Waals surface area contributed by atoms with Gasteiger partial charge in [0, 0.05) is 16.8 Å². The molecule has 0 aliphatic heterocycles. The minimum absolute atomic E-state index is 0.00553. The highest BCUT2D eigenvalue weighted by Gasteiger charge is 2.51. The molecule has 0 amide bonds. The van der Waals surface area contributed by atoms with Crippen LogP contribution in [-0.4, -0.2) is 11.0 Å². The quantitative estimate of drug-likeness (QED) is 0.350. The second kappa shape index (κ2) is 8.12. The van der Waals surface area contributed by atoms with Crippen molar-refractivity contribution in [2.24, 2.45) is 35.5 Å². The molecule has 22 heavy (non-hydrogen) atoms. The molecule has 7 atom stereocenters. The van der Waals surface area contributed by atoms with E-state index in [0.717, 1.165) is 25.7 Å². The first kappa shape index (κ1) is 19.2. The molecule has 1 saturated carbocycles. The summed E-state index contributed by atoms with van der Waals surface area (Å²) in [7, 11) is 0. The lowest BCUT2D eigenvalue weighted by Gasteiger charge is -2.46.